The largest absolute Gasteiger partial charge is 0.369 e. The molecule has 3 heterocycles. The van der Waals surface area contributed by atoms with Crippen LogP contribution in [-0.2, 0) is 13.0 Å². The van der Waals surface area contributed by atoms with E-state index >= 15 is 0 Å². The van der Waals surface area contributed by atoms with Crippen LogP contribution in [-0.4, -0.2) is 14.5 Å². The molecule has 3 aromatic rings. The predicted octanol–water partition coefficient (Wildman–Crippen LogP) is 3.39. The number of fused-ring (bicyclic) bond motifs is 1. The van der Waals surface area contributed by atoms with Gasteiger partial charge in [0.05, 0.1) is 3.79 Å². The Hall–Kier alpha value is -1.40. The van der Waals surface area contributed by atoms with Crippen molar-refractivity contribution in [3.05, 3.63) is 38.6 Å². The van der Waals surface area contributed by atoms with Crippen LogP contribution < -0.4 is 5.73 Å². The lowest BCUT2D eigenvalue weighted by atomic mass is 10.3. The van der Waals surface area contributed by atoms with Gasteiger partial charge in [0.15, 0.2) is 5.65 Å². The van der Waals surface area contributed by atoms with E-state index in [0.29, 0.717) is 5.95 Å². The van der Waals surface area contributed by atoms with E-state index in [1.54, 1.807) is 17.5 Å². The Morgan fingerprint density at radius 3 is 2.95 bits per heavy atom. The molecule has 0 aliphatic heterocycles. The number of rotatable bonds is 3. The van der Waals surface area contributed by atoms with E-state index in [9.17, 15) is 0 Å². The standard InChI is InChI=1S/C13H13BrN4S/c1-8-4-6-16-12-11(8)17-13(15)18(12)7-5-9-2-3-10(14)19-9/h2-4,6H,5,7H2,1H3,(H2,15,17). The van der Waals surface area contributed by atoms with Gasteiger partial charge in [-0.2, -0.15) is 0 Å². The summed E-state index contributed by atoms with van der Waals surface area (Å²) in [4.78, 5) is 10.1. The van der Waals surface area contributed by atoms with Crippen LogP contribution in [0.5, 0.6) is 0 Å². The van der Waals surface area contributed by atoms with Crippen molar-refractivity contribution in [1.29, 1.82) is 0 Å². The highest BCUT2D eigenvalue weighted by molar-refractivity contribution is 9.11. The molecule has 3 aromatic heterocycles. The Kier molecular flexibility index (Phi) is 3.28. The molecule has 0 saturated heterocycles. The maximum atomic E-state index is 6.00. The van der Waals surface area contributed by atoms with Gasteiger partial charge in [-0.3, -0.25) is 4.57 Å². The molecule has 0 aliphatic rings. The maximum absolute atomic E-state index is 6.00. The fourth-order valence-electron chi connectivity index (χ4n) is 2.08. The molecule has 98 valence electrons. The molecule has 0 saturated carbocycles. The molecule has 0 unspecified atom stereocenters. The molecular formula is C13H13BrN4S. The Morgan fingerprint density at radius 2 is 2.21 bits per heavy atom. The van der Waals surface area contributed by atoms with E-state index in [2.05, 4.69) is 38.0 Å². The summed E-state index contributed by atoms with van der Waals surface area (Å²) < 4.78 is 3.13. The second kappa shape index (κ2) is 4.94. The normalized spacial score (nSPS) is 11.3. The van der Waals surface area contributed by atoms with Gasteiger partial charge in [0.25, 0.3) is 0 Å². The fourth-order valence-corrected chi connectivity index (χ4v) is 3.56. The molecule has 0 radical (unpaired) electrons. The lowest BCUT2D eigenvalue weighted by molar-refractivity contribution is 0.726. The number of aromatic nitrogens is 3. The third kappa shape index (κ3) is 2.37. The summed E-state index contributed by atoms with van der Waals surface area (Å²) in [6, 6.07) is 6.15. The average molecular weight is 337 g/mol. The maximum Gasteiger partial charge on any atom is 0.202 e. The van der Waals surface area contributed by atoms with Crippen molar-refractivity contribution in [2.24, 2.45) is 0 Å². The number of anilines is 1. The average Bonchev–Trinajstić information content (AvgIpc) is 2.92. The summed E-state index contributed by atoms with van der Waals surface area (Å²) in [6.45, 7) is 2.82. The topological polar surface area (TPSA) is 56.7 Å². The zero-order valence-electron chi connectivity index (χ0n) is 10.4. The molecule has 0 aliphatic carbocycles. The SMILES string of the molecule is Cc1ccnc2c1nc(N)n2CCc1ccc(Br)s1. The summed E-state index contributed by atoms with van der Waals surface area (Å²) in [6.07, 6.45) is 2.73. The highest BCUT2D eigenvalue weighted by Crippen LogP contribution is 2.24. The number of aryl methyl sites for hydroxylation is 3. The molecule has 19 heavy (non-hydrogen) atoms. The lowest BCUT2D eigenvalue weighted by Crippen LogP contribution is -2.05. The zero-order valence-corrected chi connectivity index (χ0v) is 12.8. The molecule has 6 heteroatoms. The van der Waals surface area contributed by atoms with Gasteiger partial charge in [-0.25, -0.2) is 9.97 Å². The molecule has 4 nitrogen and oxygen atoms in total. The van der Waals surface area contributed by atoms with E-state index in [0.717, 1.165) is 33.5 Å². The lowest BCUT2D eigenvalue weighted by Gasteiger charge is -2.04. The Morgan fingerprint density at radius 1 is 1.37 bits per heavy atom. The highest BCUT2D eigenvalue weighted by atomic mass is 79.9. The van der Waals surface area contributed by atoms with Crippen molar-refractivity contribution in [2.45, 2.75) is 19.9 Å². The molecular weight excluding hydrogens is 324 g/mol. The van der Waals surface area contributed by atoms with Crippen LogP contribution >= 0.6 is 27.3 Å². The summed E-state index contributed by atoms with van der Waals surface area (Å²) in [5, 5.41) is 0. The zero-order chi connectivity index (χ0) is 13.4. The first-order valence-electron chi connectivity index (χ1n) is 5.96. The van der Waals surface area contributed by atoms with Crippen LogP contribution in [0.25, 0.3) is 11.2 Å². The number of nitrogens with two attached hydrogens (primary N) is 1. The van der Waals surface area contributed by atoms with E-state index in [-0.39, 0.29) is 0 Å². The van der Waals surface area contributed by atoms with Gasteiger partial charge in [-0.15, -0.1) is 11.3 Å². The van der Waals surface area contributed by atoms with Gasteiger partial charge in [0.2, 0.25) is 5.95 Å². The second-order valence-corrected chi connectivity index (χ2v) is 6.93. The van der Waals surface area contributed by atoms with Crippen LogP contribution in [0.3, 0.4) is 0 Å². The third-order valence-electron chi connectivity index (χ3n) is 3.08. The van der Waals surface area contributed by atoms with Crippen LogP contribution in [0.4, 0.5) is 5.95 Å². The highest BCUT2D eigenvalue weighted by Gasteiger charge is 2.11. The smallest absolute Gasteiger partial charge is 0.202 e. The Balaban J connectivity index is 1.92. The minimum absolute atomic E-state index is 0.535. The molecule has 2 N–H and O–H groups in total. The molecule has 0 aromatic carbocycles. The second-order valence-electron chi connectivity index (χ2n) is 4.38. The third-order valence-corrected chi connectivity index (χ3v) is 4.76. The van der Waals surface area contributed by atoms with E-state index in [1.165, 1.54) is 4.88 Å². The summed E-state index contributed by atoms with van der Waals surface area (Å²) in [5.74, 6) is 0.535. The van der Waals surface area contributed by atoms with Crippen molar-refractivity contribution < 1.29 is 0 Å². The Labute approximate surface area is 123 Å². The number of hydrogen-bond acceptors (Lipinski definition) is 4. The van der Waals surface area contributed by atoms with Gasteiger partial charge < -0.3 is 5.73 Å². The van der Waals surface area contributed by atoms with Gasteiger partial charge in [0.1, 0.15) is 5.52 Å². The fraction of sp³-hybridized carbons (Fsp3) is 0.231. The molecule has 0 fully saturated rings. The number of hydrogen-bond donors (Lipinski definition) is 1. The first-order chi connectivity index (χ1) is 9.15. The summed E-state index contributed by atoms with van der Waals surface area (Å²) in [5.41, 5.74) is 8.87. The van der Waals surface area contributed by atoms with Crippen molar-refractivity contribution >= 4 is 44.4 Å². The predicted molar refractivity (Wildman–Crippen MR) is 82.4 cm³/mol. The summed E-state index contributed by atoms with van der Waals surface area (Å²) >= 11 is 5.22. The monoisotopic (exact) mass is 336 g/mol. The van der Waals surface area contributed by atoms with E-state index < -0.39 is 0 Å². The number of nitrogen functional groups attached to an aromatic ring is 1. The first kappa shape index (κ1) is 12.6. The van der Waals surface area contributed by atoms with Gasteiger partial charge in [-0.1, -0.05) is 0 Å². The van der Waals surface area contributed by atoms with Crippen LogP contribution in [0.2, 0.25) is 0 Å². The van der Waals surface area contributed by atoms with Gasteiger partial charge >= 0.3 is 0 Å². The molecule has 0 amide bonds. The molecule has 0 spiro atoms. The van der Waals surface area contributed by atoms with Crippen LogP contribution in [0.15, 0.2) is 28.2 Å². The molecule has 3 rings (SSSR count). The van der Waals surface area contributed by atoms with Crippen LogP contribution in [0.1, 0.15) is 10.4 Å². The van der Waals surface area contributed by atoms with Crippen molar-refractivity contribution in [1.82, 2.24) is 14.5 Å². The number of nitrogens with zero attached hydrogens (tertiary/aromatic N) is 3. The van der Waals surface area contributed by atoms with Crippen molar-refractivity contribution in [3.8, 4) is 0 Å². The molecule has 0 bridgehead atoms. The minimum atomic E-state index is 0.535. The van der Waals surface area contributed by atoms with Crippen LogP contribution in [0, 0.1) is 6.92 Å². The number of pyridine rings is 1. The van der Waals surface area contributed by atoms with Crippen molar-refractivity contribution in [2.75, 3.05) is 5.73 Å². The summed E-state index contributed by atoms with van der Waals surface area (Å²) in [7, 11) is 0. The van der Waals surface area contributed by atoms with Crippen molar-refractivity contribution in [3.63, 3.8) is 0 Å². The quantitative estimate of drug-likeness (QED) is 0.797. The first-order valence-corrected chi connectivity index (χ1v) is 7.57. The van der Waals surface area contributed by atoms with E-state index in [1.807, 2.05) is 17.6 Å². The minimum Gasteiger partial charge on any atom is -0.369 e. The number of imidazole rings is 1. The Bertz CT molecular complexity index is 731. The van der Waals surface area contributed by atoms with Gasteiger partial charge in [-0.05, 0) is 53.0 Å². The van der Waals surface area contributed by atoms with Gasteiger partial charge in [0, 0.05) is 17.6 Å². The number of halogens is 1. The number of thiophene rings is 1. The molecule has 0 atom stereocenters. The van der Waals surface area contributed by atoms with E-state index in [4.69, 9.17) is 5.73 Å².